The van der Waals surface area contributed by atoms with Gasteiger partial charge in [-0.1, -0.05) is 115 Å². The maximum Gasteiger partial charge on any atom is 0.206 e. The molecule has 0 N–H and O–H groups in total. The predicted octanol–water partition coefficient (Wildman–Crippen LogP) is 11.5. The Labute approximate surface area is 344 Å². The lowest BCUT2D eigenvalue weighted by molar-refractivity contribution is 0.414. The fraction of sp³-hybridized carbons (Fsp3) is 0.0588. The van der Waals surface area contributed by atoms with Crippen molar-refractivity contribution in [2.45, 2.75) is 31.9 Å². The summed E-state index contributed by atoms with van der Waals surface area (Å²) in [5, 5.41) is 0. The Balaban J connectivity index is 0.926. The molecule has 8 heteroatoms. The Morgan fingerprint density at radius 2 is 0.729 bits per heavy atom. The van der Waals surface area contributed by atoms with E-state index in [-0.39, 0.29) is 19.6 Å². The van der Waals surface area contributed by atoms with E-state index in [1.54, 1.807) is 84.9 Å². The van der Waals surface area contributed by atoms with Crippen molar-refractivity contribution in [3.8, 4) is 39.5 Å². The summed E-state index contributed by atoms with van der Waals surface area (Å²) < 4.78 is 65.0. The molecule has 59 heavy (non-hydrogen) atoms. The molecule has 8 aromatic carbocycles. The van der Waals surface area contributed by atoms with Gasteiger partial charge < -0.3 is 9.47 Å². The lowest BCUT2D eigenvalue weighted by Crippen LogP contribution is -2.28. The zero-order valence-electron chi connectivity index (χ0n) is 32.2. The second-order valence-electron chi connectivity index (χ2n) is 14.5. The normalized spacial score (nSPS) is 13.0. The van der Waals surface area contributed by atoms with Crippen molar-refractivity contribution in [3.05, 3.63) is 222 Å². The molecule has 0 aliphatic heterocycles. The van der Waals surface area contributed by atoms with Gasteiger partial charge in [-0.15, -0.1) is 0 Å². The Morgan fingerprint density at radius 1 is 0.390 bits per heavy atom. The number of sulfone groups is 2. The Kier molecular flexibility index (Phi) is 9.54. The molecule has 1 aliphatic rings. The Bertz CT molecular complexity index is 2980. The summed E-state index contributed by atoms with van der Waals surface area (Å²) in [5.41, 5.74) is 9.41. The van der Waals surface area contributed by atoms with E-state index < -0.39 is 25.1 Å². The van der Waals surface area contributed by atoms with Crippen LogP contribution in [0.25, 0.3) is 22.3 Å². The molecule has 0 bridgehead atoms. The summed E-state index contributed by atoms with van der Waals surface area (Å²) >= 11 is 0. The molecule has 0 amide bonds. The van der Waals surface area contributed by atoms with Gasteiger partial charge in [-0.25, -0.2) is 16.8 Å². The van der Waals surface area contributed by atoms with Gasteiger partial charge in [0.2, 0.25) is 19.7 Å². The van der Waals surface area contributed by atoms with Gasteiger partial charge in [0.15, 0.2) is 0 Å². The van der Waals surface area contributed by atoms with Gasteiger partial charge in [-0.2, -0.15) is 0 Å². The second-order valence-corrected chi connectivity index (χ2v) is 18.4. The van der Waals surface area contributed by atoms with Gasteiger partial charge >= 0.3 is 0 Å². The van der Waals surface area contributed by atoms with Crippen LogP contribution < -0.4 is 9.47 Å². The number of hydrogen-bond donors (Lipinski definition) is 0. The number of methoxy groups -OCH3 is 1. The number of aryl methyl sites for hydroxylation is 1. The summed E-state index contributed by atoms with van der Waals surface area (Å²) in [6, 6.07) is 59.9. The largest absolute Gasteiger partial charge is 0.497 e. The number of ether oxygens (including phenoxy) is 2. The second kappa shape index (κ2) is 14.9. The molecule has 0 fully saturated rings. The molecule has 0 heterocycles. The molecule has 0 radical (unpaired) electrons. The molecule has 0 saturated heterocycles. The van der Waals surface area contributed by atoms with E-state index in [4.69, 9.17) is 9.47 Å². The third-order valence-electron chi connectivity index (χ3n) is 11.1. The number of benzene rings is 8. The number of fused-ring (bicyclic) bond motifs is 3. The molecule has 8 aromatic rings. The summed E-state index contributed by atoms with van der Waals surface area (Å²) in [6.45, 7) is 2.10. The van der Waals surface area contributed by atoms with Gasteiger partial charge in [0.25, 0.3) is 0 Å². The zero-order chi connectivity index (χ0) is 40.8. The maximum absolute atomic E-state index is 13.7. The van der Waals surface area contributed by atoms with Gasteiger partial charge in [0.05, 0.1) is 32.1 Å². The SMILES string of the molecule is COc1ccc(S(=O)(=O)c2ccc(-c3ccc(S(=O)(=O)c4ccc(Oc5ccc(C6(c7ccc(C)cc7)c7ccccc7-c7ccccc76)cc5)cc4)cc3)cc2)cc1. The Morgan fingerprint density at radius 3 is 1.14 bits per heavy atom. The van der Waals surface area contributed by atoms with Gasteiger partial charge in [0, 0.05) is 0 Å². The minimum Gasteiger partial charge on any atom is -0.497 e. The first-order valence-electron chi connectivity index (χ1n) is 19.1. The molecule has 6 nitrogen and oxygen atoms in total. The highest BCUT2D eigenvalue weighted by atomic mass is 32.2. The van der Waals surface area contributed by atoms with E-state index >= 15 is 0 Å². The first kappa shape index (κ1) is 37.8. The van der Waals surface area contributed by atoms with Crippen LogP contribution in [0.2, 0.25) is 0 Å². The van der Waals surface area contributed by atoms with Gasteiger partial charge in [-0.05, 0) is 136 Å². The fourth-order valence-corrected chi connectivity index (χ4v) is 10.6. The van der Waals surface area contributed by atoms with Crippen LogP contribution in [0, 0.1) is 6.92 Å². The van der Waals surface area contributed by atoms with E-state index in [1.165, 1.54) is 52.6 Å². The predicted molar refractivity (Wildman–Crippen MR) is 231 cm³/mol. The maximum atomic E-state index is 13.7. The van der Waals surface area contributed by atoms with Gasteiger partial charge in [0.1, 0.15) is 17.2 Å². The first-order chi connectivity index (χ1) is 28.6. The minimum absolute atomic E-state index is 0.139. The summed E-state index contributed by atoms with van der Waals surface area (Å²) in [5.74, 6) is 1.71. The molecule has 1 aliphatic carbocycles. The van der Waals surface area contributed by atoms with Crippen LogP contribution in [0.1, 0.15) is 27.8 Å². The molecule has 0 spiro atoms. The van der Waals surface area contributed by atoms with Crippen molar-refractivity contribution in [2.24, 2.45) is 0 Å². The smallest absolute Gasteiger partial charge is 0.206 e. The molecule has 0 unspecified atom stereocenters. The summed E-state index contributed by atoms with van der Waals surface area (Å²) in [7, 11) is -6.03. The summed E-state index contributed by atoms with van der Waals surface area (Å²) in [6.07, 6.45) is 0. The molecule has 9 rings (SSSR count). The molecule has 0 aromatic heterocycles. The molecule has 0 saturated carbocycles. The Hall–Kier alpha value is -6.74. The average Bonchev–Trinajstić information content (AvgIpc) is 3.58. The quantitative estimate of drug-likeness (QED) is 0.137. The molecule has 0 atom stereocenters. The van der Waals surface area contributed by atoms with E-state index in [1.807, 2.05) is 12.1 Å². The monoisotopic (exact) mass is 810 g/mol. The molecular weight excluding hydrogens is 773 g/mol. The fourth-order valence-electron chi connectivity index (χ4n) is 8.10. The van der Waals surface area contributed by atoms with Crippen LogP contribution in [0.4, 0.5) is 0 Å². The molecular formula is C51H38O6S2. The standard InChI is InChI=1S/C51H38O6S2/c1-35-11-17-38(18-12-35)51(49-9-5-3-7-47(49)48-8-4-6-10-50(48)51)39-19-21-41(22-20-39)57-42-25-33-46(34-26-42)59(54,55)44-29-15-37(16-30-44)36-13-27-43(28-14-36)58(52,53)45-31-23-40(56-2)24-32-45/h3-34H,1-2H3. The zero-order valence-corrected chi connectivity index (χ0v) is 33.9. The van der Waals surface area contributed by atoms with Crippen LogP contribution >= 0.6 is 0 Å². The van der Waals surface area contributed by atoms with Crippen LogP contribution in [0.3, 0.4) is 0 Å². The van der Waals surface area contributed by atoms with Crippen LogP contribution in [0.5, 0.6) is 17.2 Å². The highest BCUT2D eigenvalue weighted by molar-refractivity contribution is 7.91. The first-order valence-corrected chi connectivity index (χ1v) is 22.1. The lowest BCUT2D eigenvalue weighted by Gasteiger charge is -2.34. The van der Waals surface area contributed by atoms with Crippen molar-refractivity contribution in [2.75, 3.05) is 7.11 Å². The van der Waals surface area contributed by atoms with E-state index in [9.17, 15) is 16.8 Å². The number of rotatable bonds is 10. The van der Waals surface area contributed by atoms with E-state index in [0.717, 1.165) is 16.7 Å². The number of hydrogen-bond acceptors (Lipinski definition) is 6. The van der Waals surface area contributed by atoms with Crippen LogP contribution in [0.15, 0.2) is 214 Å². The van der Waals surface area contributed by atoms with Crippen LogP contribution in [-0.2, 0) is 25.1 Å². The van der Waals surface area contributed by atoms with Crippen molar-refractivity contribution >= 4 is 19.7 Å². The topological polar surface area (TPSA) is 86.7 Å². The minimum atomic E-state index is -3.83. The highest BCUT2D eigenvalue weighted by Crippen LogP contribution is 2.56. The summed E-state index contributed by atoms with van der Waals surface area (Å²) in [4.78, 5) is 0.600. The molecule has 290 valence electrons. The van der Waals surface area contributed by atoms with Crippen molar-refractivity contribution in [1.82, 2.24) is 0 Å². The average molecular weight is 811 g/mol. The van der Waals surface area contributed by atoms with Crippen molar-refractivity contribution < 1.29 is 26.3 Å². The van der Waals surface area contributed by atoms with Crippen molar-refractivity contribution in [3.63, 3.8) is 0 Å². The highest BCUT2D eigenvalue weighted by Gasteiger charge is 2.45. The van der Waals surface area contributed by atoms with Crippen molar-refractivity contribution in [1.29, 1.82) is 0 Å². The third-order valence-corrected chi connectivity index (χ3v) is 14.7. The van der Waals surface area contributed by atoms with E-state index in [2.05, 4.69) is 91.9 Å². The van der Waals surface area contributed by atoms with Crippen LogP contribution in [-0.4, -0.2) is 23.9 Å². The lowest BCUT2D eigenvalue weighted by atomic mass is 9.67. The van der Waals surface area contributed by atoms with E-state index in [0.29, 0.717) is 17.2 Å². The van der Waals surface area contributed by atoms with Gasteiger partial charge in [-0.3, -0.25) is 0 Å². The third kappa shape index (κ3) is 6.60.